The number of hydrogen-bond donors (Lipinski definition) is 1. The van der Waals surface area contributed by atoms with E-state index in [2.05, 4.69) is 33.1 Å². The lowest BCUT2D eigenvalue weighted by atomic mass is 10.1. The van der Waals surface area contributed by atoms with Crippen LogP contribution in [0.15, 0.2) is 71.8 Å². The Kier molecular flexibility index (Phi) is 7.10. The maximum atomic E-state index is 12.8. The maximum Gasteiger partial charge on any atom is 0.416 e. The van der Waals surface area contributed by atoms with Gasteiger partial charge in [0.1, 0.15) is 18.0 Å². The highest BCUT2D eigenvalue weighted by Crippen LogP contribution is 2.34. The maximum absolute atomic E-state index is 12.8. The lowest BCUT2D eigenvalue weighted by molar-refractivity contribution is -0.384. The molecule has 31 heavy (non-hydrogen) atoms. The fourth-order valence-corrected chi connectivity index (χ4v) is 2.89. The first-order chi connectivity index (χ1) is 14.7. The Hall–Kier alpha value is -3.15. The van der Waals surface area contributed by atoms with E-state index in [1.807, 2.05) is 24.3 Å². The van der Waals surface area contributed by atoms with E-state index in [-0.39, 0.29) is 5.69 Å². The van der Waals surface area contributed by atoms with Crippen molar-refractivity contribution in [2.45, 2.75) is 12.8 Å². The van der Waals surface area contributed by atoms with Gasteiger partial charge < -0.3 is 4.74 Å². The van der Waals surface area contributed by atoms with Crippen LogP contribution in [0.3, 0.4) is 0 Å². The van der Waals surface area contributed by atoms with E-state index in [9.17, 15) is 23.3 Å². The third-order valence-electron chi connectivity index (χ3n) is 4.12. The van der Waals surface area contributed by atoms with Crippen molar-refractivity contribution in [3.63, 3.8) is 0 Å². The molecule has 0 spiro atoms. The van der Waals surface area contributed by atoms with Crippen molar-refractivity contribution in [2.75, 3.05) is 5.43 Å². The van der Waals surface area contributed by atoms with Crippen LogP contribution in [0.4, 0.5) is 24.5 Å². The molecule has 3 aromatic rings. The highest BCUT2D eigenvalue weighted by Gasteiger charge is 2.33. The predicted molar refractivity (Wildman–Crippen MR) is 119 cm³/mol. The molecule has 0 saturated heterocycles. The van der Waals surface area contributed by atoms with Gasteiger partial charge >= 0.3 is 6.18 Å². The fraction of sp³-hybridized carbons (Fsp3) is 0.0952. The molecule has 0 heterocycles. The van der Waals surface area contributed by atoms with Crippen LogP contribution in [-0.4, -0.2) is 11.1 Å². The Morgan fingerprint density at radius 2 is 1.74 bits per heavy atom. The first-order valence-electron chi connectivity index (χ1n) is 8.84. The zero-order valence-electron chi connectivity index (χ0n) is 15.8. The van der Waals surface area contributed by atoms with Crippen LogP contribution in [0.1, 0.15) is 16.7 Å². The Bertz CT molecular complexity index is 1090. The molecule has 0 bridgehead atoms. The first kappa shape index (κ1) is 22.5. The standard InChI is InChI=1S/C21H15F3IN3O3/c22-21(23,24)16-5-10-19(20(11-16)28(29)30)27-26-12-14-3-8-18(9-4-14)31-13-15-1-6-17(25)7-2-15/h1-12,27H,13H2/b26-12-. The number of benzene rings is 3. The SMILES string of the molecule is O=[N+]([O-])c1cc(C(F)(F)F)ccc1N/N=C\c1ccc(OCc2ccc(I)cc2)cc1. The third kappa shape index (κ3) is 6.41. The molecule has 0 amide bonds. The number of alkyl halides is 3. The molecule has 0 unspecified atom stereocenters. The Morgan fingerprint density at radius 1 is 1.06 bits per heavy atom. The van der Waals surface area contributed by atoms with Crippen LogP contribution in [0, 0.1) is 13.7 Å². The number of anilines is 1. The largest absolute Gasteiger partial charge is 0.489 e. The molecule has 10 heteroatoms. The van der Waals surface area contributed by atoms with E-state index >= 15 is 0 Å². The topological polar surface area (TPSA) is 76.8 Å². The second-order valence-electron chi connectivity index (χ2n) is 6.34. The molecular weight excluding hydrogens is 526 g/mol. The zero-order chi connectivity index (χ0) is 22.4. The van der Waals surface area contributed by atoms with E-state index in [4.69, 9.17) is 4.74 Å². The minimum absolute atomic E-state index is 0.147. The molecule has 0 aromatic heterocycles. The van der Waals surface area contributed by atoms with E-state index in [1.54, 1.807) is 24.3 Å². The summed E-state index contributed by atoms with van der Waals surface area (Å²) in [6, 6.07) is 17.1. The summed E-state index contributed by atoms with van der Waals surface area (Å²) >= 11 is 2.23. The van der Waals surface area contributed by atoms with E-state index < -0.39 is 22.4 Å². The van der Waals surface area contributed by atoms with Crippen molar-refractivity contribution < 1.29 is 22.8 Å². The fourth-order valence-electron chi connectivity index (χ4n) is 2.53. The summed E-state index contributed by atoms with van der Waals surface area (Å²) in [6.07, 6.45) is -3.28. The predicted octanol–water partition coefficient (Wildman–Crippen LogP) is 6.24. The first-order valence-corrected chi connectivity index (χ1v) is 9.92. The molecule has 6 nitrogen and oxygen atoms in total. The minimum Gasteiger partial charge on any atom is -0.489 e. The van der Waals surface area contributed by atoms with Gasteiger partial charge in [-0.2, -0.15) is 18.3 Å². The second-order valence-corrected chi connectivity index (χ2v) is 7.59. The van der Waals surface area contributed by atoms with Crippen molar-refractivity contribution in [1.82, 2.24) is 0 Å². The Morgan fingerprint density at radius 3 is 2.35 bits per heavy atom. The second kappa shape index (κ2) is 9.77. The molecule has 1 N–H and O–H groups in total. The van der Waals surface area contributed by atoms with Gasteiger partial charge in [-0.3, -0.25) is 15.5 Å². The van der Waals surface area contributed by atoms with Crippen LogP contribution in [-0.2, 0) is 12.8 Å². The molecule has 0 radical (unpaired) electrons. The van der Waals surface area contributed by atoms with Gasteiger partial charge in [-0.15, -0.1) is 0 Å². The van der Waals surface area contributed by atoms with Gasteiger partial charge in [0.05, 0.1) is 16.7 Å². The summed E-state index contributed by atoms with van der Waals surface area (Å²) in [4.78, 5) is 10.2. The van der Waals surface area contributed by atoms with Gasteiger partial charge in [-0.1, -0.05) is 12.1 Å². The molecule has 160 valence electrons. The third-order valence-corrected chi connectivity index (χ3v) is 4.84. The number of nitrogens with one attached hydrogen (secondary N) is 1. The average molecular weight is 541 g/mol. The van der Waals surface area contributed by atoms with Crippen LogP contribution in [0.2, 0.25) is 0 Å². The summed E-state index contributed by atoms with van der Waals surface area (Å²) < 4.78 is 45.1. The number of halogens is 4. The molecule has 0 aliphatic rings. The molecule has 3 rings (SSSR count). The van der Waals surface area contributed by atoms with Crippen molar-refractivity contribution in [3.05, 3.63) is 97.1 Å². The van der Waals surface area contributed by atoms with Crippen molar-refractivity contribution in [3.8, 4) is 5.75 Å². The van der Waals surface area contributed by atoms with Gasteiger partial charge in [-0.05, 0) is 82.2 Å². The summed E-state index contributed by atoms with van der Waals surface area (Å²) in [6.45, 7) is 0.420. The zero-order valence-corrected chi connectivity index (χ0v) is 17.9. The highest BCUT2D eigenvalue weighted by molar-refractivity contribution is 14.1. The van der Waals surface area contributed by atoms with Gasteiger partial charge in [0, 0.05) is 9.64 Å². The molecule has 0 fully saturated rings. The van der Waals surface area contributed by atoms with Gasteiger partial charge in [0.2, 0.25) is 0 Å². The van der Waals surface area contributed by atoms with E-state index in [1.165, 1.54) is 6.21 Å². The summed E-state index contributed by atoms with van der Waals surface area (Å²) in [7, 11) is 0. The van der Waals surface area contributed by atoms with E-state index in [0.717, 1.165) is 21.3 Å². The van der Waals surface area contributed by atoms with Gasteiger partial charge in [-0.25, -0.2) is 0 Å². The van der Waals surface area contributed by atoms with Crippen LogP contribution in [0.25, 0.3) is 0 Å². The number of ether oxygens (including phenoxy) is 1. The van der Waals surface area contributed by atoms with Crippen LogP contribution in [0.5, 0.6) is 5.75 Å². The summed E-state index contributed by atoms with van der Waals surface area (Å²) in [5.41, 5.74) is 2.16. The smallest absolute Gasteiger partial charge is 0.416 e. The summed E-state index contributed by atoms with van der Waals surface area (Å²) in [5, 5.41) is 15.0. The van der Waals surface area contributed by atoms with Crippen LogP contribution >= 0.6 is 22.6 Å². The lowest BCUT2D eigenvalue weighted by Gasteiger charge is -2.08. The Balaban J connectivity index is 1.62. The van der Waals surface area contributed by atoms with Crippen molar-refractivity contribution in [2.24, 2.45) is 5.10 Å². The summed E-state index contributed by atoms with van der Waals surface area (Å²) in [5.74, 6) is 0.655. The number of hydrogen-bond acceptors (Lipinski definition) is 5. The monoisotopic (exact) mass is 541 g/mol. The van der Waals surface area contributed by atoms with Crippen molar-refractivity contribution >= 4 is 40.2 Å². The number of nitro groups is 1. The number of rotatable bonds is 7. The number of nitro benzene ring substituents is 1. The normalized spacial score (nSPS) is 11.5. The molecule has 0 saturated carbocycles. The molecule has 0 atom stereocenters. The Labute approximate surface area is 189 Å². The van der Waals surface area contributed by atoms with E-state index in [0.29, 0.717) is 24.0 Å². The lowest BCUT2D eigenvalue weighted by Crippen LogP contribution is -2.06. The molecule has 0 aliphatic heterocycles. The van der Waals surface area contributed by atoms with Gasteiger partial charge in [0.15, 0.2) is 0 Å². The van der Waals surface area contributed by atoms with Crippen LogP contribution < -0.4 is 10.2 Å². The molecule has 0 aliphatic carbocycles. The number of nitrogens with zero attached hydrogens (tertiary/aromatic N) is 2. The highest BCUT2D eigenvalue weighted by atomic mass is 127. The minimum atomic E-state index is -4.67. The molecule has 3 aromatic carbocycles. The quantitative estimate of drug-likeness (QED) is 0.166. The van der Waals surface area contributed by atoms with Crippen molar-refractivity contribution in [1.29, 1.82) is 0 Å². The molecular formula is C21H15F3IN3O3. The average Bonchev–Trinajstić information content (AvgIpc) is 2.73. The van der Waals surface area contributed by atoms with Gasteiger partial charge in [0.25, 0.3) is 5.69 Å². The number of hydrazone groups is 1.